The third-order valence-electron chi connectivity index (χ3n) is 8.96. The van der Waals surface area contributed by atoms with Gasteiger partial charge in [-0.25, -0.2) is 0 Å². The van der Waals surface area contributed by atoms with Crippen LogP contribution in [-0.2, 0) is 23.2 Å². The van der Waals surface area contributed by atoms with Gasteiger partial charge in [0.2, 0.25) is 0 Å². The van der Waals surface area contributed by atoms with E-state index in [2.05, 4.69) is 81.4 Å². The van der Waals surface area contributed by atoms with Gasteiger partial charge in [-0.2, -0.15) is 0 Å². The molecule has 0 N–H and O–H groups in total. The first-order valence-electron chi connectivity index (χ1n) is 13.0. The van der Waals surface area contributed by atoms with E-state index in [0.29, 0.717) is 0 Å². The van der Waals surface area contributed by atoms with Crippen LogP contribution in [0.1, 0.15) is 114 Å². The molecule has 0 radical (unpaired) electrons. The fourth-order valence-electron chi connectivity index (χ4n) is 6.32. The summed E-state index contributed by atoms with van der Waals surface area (Å²) >= 11 is -0.833. The standard InChI is InChI=1S/2C16H21.2ClH.Zr/c2*1-6-7-14-8-15-12(4)10(2)11(3)13(5)16(15)9-14;;;/h2*8-9H,6-7H2,1-5H3;2*1H;/q;;;;+2/p-2. The summed E-state index contributed by atoms with van der Waals surface area (Å²) in [5, 5.41) is 0. The first kappa shape index (κ1) is 30.6. The van der Waals surface area contributed by atoms with Gasteiger partial charge in [-0.15, -0.1) is 0 Å². The summed E-state index contributed by atoms with van der Waals surface area (Å²) in [7, 11) is 0. The Morgan fingerprint density at radius 2 is 0.829 bits per heavy atom. The van der Waals surface area contributed by atoms with Gasteiger partial charge < -0.3 is 24.8 Å². The summed E-state index contributed by atoms with van der Waals surface area (Å²) in [6.07, 6.45) is 10.3. The Kier molecular flexibility index (Phi) is 10.4. The largest absolute Gasteiger partial charge is 1.00 e. The van der Waals surface area contributed by atoms with Gasteiger partial charge in [-0.3, -0.25) is 0 Å². The van der Waals surface area contributed by atoms with Crippen molar-refractivity contribution < 1.29 is 48.0 Å². The van der Waals surface area contributed by atoms with Gasteiger partial charge in [0, 0.05) is 0 Å². The Morgan fingerprint density at radius 1 is 0.514 bits per heavy atom. The van der Waals surface area contributed by atoms with E-state index in [1.54, 1.807) is 44.5 Å². The van der Waals surface area contributed by atoms with Crippen molar-refractivity contribution in [3.05, 3.63) is 77.9 Å². The van der Waals surface area contributed by atoms with Gasteiger partial charge in [0.1, 0.15) is 0 Å². The van der Waals surface area contributed by atoms with E-state index in [-0.39, 0.29) is 24.8 Å². The molecule has 4 rings (SSSR count). The first-order valence-corrected chi connectivity index (χ1v) is 15.8. The molecule has 0 aliphatic heterocycles. The summed E-state index contributed by atoms with van der Waals surface area (Å²) in [6, 6.07) is 0. The topological polar surface area (TPSA) is 0 Å². The number of hydrogen-bond donors (Lipinski definition) is 0. The molecule has 3 heteroatoms. The Balaban J connectivity index is 0.00000216. The van der Waals surface area contributed by atoms with E-state index in [0.717, 1.165) is 7.25 Å². The molecule has 0 saturated heterocycles. The van der Waals surface area contributed by atoms with E-state index < -0.39 is 23.2 Å². The number of fused-ring (bicyclic) bond motifs is 2. The fourth-order valence-corrected chi connectivity index (χ4v) is 12.0. The second kappa shape index (κ2) is 11.8. The van der Waals surface area contributed by atoms with Crippen molar-refractivity contribution in [1.29, 1.82) is 0 Å². The fraction of sp³-hybridized carbons (Fsp3) is 0.500. The third-order valence-corrected chi connectivity index (χ3v) is 13.8. The van der Waals surface area contributed by atoms with Crippen LogP contribution in [0.5, 0.6) is 0 Å². The molecule has 0 bridgehead atoms. The van der Waals surface area contributed by atoms with Gasteiger partial charge in [0.25, 0.3) is 0 Å². The average molecular weight is 589 g/mol. The van der Waals surface area contributed by atoms with Crippen LogP contribution in [-0.4, -0.2) is 0 Å². The smallest absolute Gasteiger partial charge is 1.00 e. The van der Waals surface area contributed by atoms with Crippen molar-refractivity contribution in [2.45, 2.75) is 102 Å². The molecule has 188 valence electrons. The van der Waals surface area contributed by atoms with Crippen LogP contribution < -0.4 is 24.8 Å². The minimum atomic E-state index is -0.833. The molecule has 35 heavy (non-hydrogen) atoms. The second-order valence-corrected chi connectivity index (χ2v) is 14.3. The summed E-state index contributed by atoms with van der Waals surface area (Å²) < 4.78 is 1.44. The Bertz CT molecular complexity index is 1110. The van der Waals surface area contributed by atoms with Crippen molar-refractivity contribution >= 4 is 12.2 Å². The Labute approximate surface area is 238 Å². The molecule has 2 atom stereocenters. The number of halogens is 2. The molecule has 0 fully saturated rings. The van der Waals surface area contributed by atoms with Gasteiger partial charge in [-0.05, 0) is 0 Å². The van der Waals surface area contributed by atoms with Crippen LogP contribution in [0.15, 0.2) is 11.1 Å². The molecule has 2 aromatic carbocycles. The van der Waals surface area contributed by atoms with E-state index in [1.165, 1.54) is 59.1 Å². The minimum Gasteiger partial charge on any atom is -1.00 e. The molecule has 2 unspecified atom stereocenters. The van der Waals surface area contributed by atoms with Crippen molar-refractivity contribution in [2.75, 3.05) is 0 Å². The Morgan fingerprint density at radius 3 is 1.14 bits per heavy atom. The molecule has 2 aromatic rings. The summed E-state index contributed by atoms with van der Waals surface area (Å²) in [4.78, 5) is 0. The van der Waals surface area contributed by atoms with Crippen LogP contribution in [0.25, 0.3) is 12.2 Å². The SMILES string of the molecule is CCCC1=Cc2c(C)c(C)c(C)c(C)c2[CH]1[Zr+2][CH]1C(CCC)=Cc2c(C)c(C)c(C)c(C)c21.[Cl-].[Cl-]. The van der Waals surface area contributed by atoms with Crippen LogP contribution in [0, 0.1) is 55.4 Å². The second-order valence-electron chi connectivity index (χ2n) is 10.6. The zero-order valence-electron chi connectivity index (χ0n) is 23.4. The number of rotatable bonds is 6. The number of allylic oxidation sites excluding steroid dienone is 2. The summed E-state index contributed by atoms with van der Waals surface area (Å²) in [5.41, 5.74) is 22.3. The molecule has 0 heterocycles. The monoisotopic (exact) mass is 586 g/mol. The molecule has 2 aliphatic carbocycles. The summed E-state index contributed by atoms with van der Waals surface area (Å²) in [5.74, 6) is 0. The maximum Gasteiger partial charge on any atom is -1.00 e. The maximum absolute atomic E-state index is 2.62. The van der Waals surface area contributed by atoms with Crippen molar-refractivity contribution in [3.8, 4) is 0 Å². The van der Waals surface area contributed by atoms with Crippen molar-refractivity contribution in [2.24, 2.45) is 0 Å². The van der Waals surface area contributed by atoms with Crippen LogP contribution >= 0.6 is 0 Å². The quantitative estimate of drug-likeness (QED) is 0.486. The van der Waals surface area contributed by atoms with Gasteiger partial charge >= 0.3 is 215 Å². The zero-order chi connectivity index (χ0) is 24.2. The van der Waals surface area contributed by atoms with Crippen LogP contribution in [0.3, 0.4) is 0 Å². The number of hydrogen-bond acceptors (Lipinski definition) is 0. The molecule has 0 saturated carbocycles. The summed E-state index contributed by atoms with van der Waals surface area (Å²) in [6.45, 7) is 23.6. The predicted molar refractivity (Wildman–Crippen MR) is 142 cm³/mol. The van der Waals surface area contributed by atoms with Gasteiger partial charge in [0.05, 0.1) is 0 Å². The predicted octanol–water partition coefficient (Wildman–Crippen LogP) is 3.42. The third kappa shape index (κ3) is 4.96. The van der Waals surface area contributed by atoms with Crippen LogP contribution in [0.4, 0.5) is 0 Å². The molecule has 2 aliphatic rings. The van der Waals surface area contributed by atoms with Crippen LogP contribution in [0.2, 0.25) is 0 Å². The van der Waals surface area contributed by atoms with Crippen molar-refractivity contribution in [1.82, 2.24) is 0 Å². The van der Waals surface area contributed by atoms with E-state index in [1.807, 2.05) is 0 Å². The average Bonchev–Trinajstić information content (AvgIpc) is 3.33. The van der Waals surface area contributed by atoms with E-state index >= 15 is 0 Å². The molecule has 0 aromatic heterocycles. The van der Waals surface area contributed by atoms with E-state index in [4.69, 9.17) is 0 Å². The first-order chi connectivity index (χ1) is 15.6. The maximum atomic E-state index is 2.62. The number of benzene rings is 2. The van der Waals surface area contributed by atoms with Crippen molar-refractivity contribution in [3.63, 3.8) is 0 Å². The molecule has 0 amide bonds. The van der Waals surface area contributed by atoms with E-state index in [9.17, 15) is 0 Å². The van der Waals surface area contributed by atoms with Gasteiger partial charge in [-0.1, -0.05) is 0 Å². The zero-order valence-corrected chi connectivity index (χ0v) is 27.4. The molecule has 0 spiro atoms. The molecule has 0 nitrogen and oxygen atoms in total. The normalized spacial score (nSPS) is 17.7. The van der Waals surface area contributed by atoms with Gasteiger partial charge in [0.15, 0.2) is 0 Å². The Hall–Kier alpha value is -0.617. The molecular formula is C32H42Cl2Zr. The molecular weight excluding hydrogens is 546 g/mol. The minimum absolute atomic E-state index is 0.